The number of alkyl carbamates (subject to hydrolysis) is 1. The van der Waals surface area contributed by atoms with Crippen molar-refractivity contribution in [1.29, 1.82) is 0 Å². The fourth-order valence-corrected chi connectivity index (χ4v) is 3.45. The summed E-state index contributed by atoms with van der Waals surface area (Å²) in [5.41, 5.74) is -0.478. The third-order valence-electron chi connectivity index (χ3n) is 6.00. The zero-order valence-electron chi connectivity index (χ0n) is 22.8. The Bertz CT molecular complexity index is 1030. The van der Waals surface area contributed by atoms with Crippen LogP contribution in [0.1, 0.15) is 51.7 Å². The number of aryl methyl sites for hydroxylation is 2. The van der Waals surface area contributed by atoms with Gasteiger partial charge in [-0.05, 0) is 64.5 Å². The Morgan fingerprint density at radius 3 is 1.63 bits per heavy atom. The first-order valence-electron chi connectivity index (χ1n) is 12.5. The van der Waals surface area contributed by atoms with Gasteiger partial charge in [0.05, 0.1) is 20.3 Å². The molecule has 0 aliphatic heterocycles. The number of benzene rings is 2. The molecule has 0 heterocycles. The van der Waals surface area contributed by atoms with Gasteiger partial charge in [0.15, 0.2) is 5.41 Å². The summed E-state index contributed by atoms with van der Waals surface area (Å²) in [4.78, 5) is 46.4. The van der Waals surface area contributed by atoms with E-state index in [1.807, 2.05) is 60.7 Å². The van der Waals surface area contributed by atoms with Gasteiger partial charge in [0.1, 0.15) is 5.54 Å². The zero-order chi connectivity index (χ0) is 28.6. The average molecular weight is 530 g/mol. The molecule has 1 amide bonds. The van der Waals surface area contributed by atoms with Crippen molar-refractivity contribution in [3.8, 4) is 0 Å². The van der Waals surface area contributed by atoms with Crippen LogP contribution in [0.5, 0.6) is 0 Å². The highest BCUT2D eigenvalue weighted by Crippen LogP contribution is 2.26. The molecule has 0 saturated carbocycles. The van der Waals surface area contributed by atoms with Crippen LogP contribution < -0.4 is 5.32 Å². The van der Waals surface area contributed by atoms with E-state index in [-0.39, 0.29) is 19.6 Å². The van der Waals surface area contributed by atoms with Gasteiger partial charge >= 0.3 is 24.0 Å². The number of esters is 2. The first kappa shape index (κ1) is 32.1. The number of aliphatic carboxylic acids is 1. The minimum atomic E-state index is -1.48. The molecule has 2 aromatic carbocycles. The van der Waals surface area contributed by atoms with E-state index in [2.05, 4.69) is 10.1 Å². The molecule has 0 radical (unpaired) electrons. The molecular weight excluding hydrogens is 490 g/mol. The number of nitrogens with one attached hydrogen (secondary N) is 1. The standard InChI is InChI=1S/C15H21NO4.C14H18O4/c1-4-20-13(17)15(2,16-14(18)19-3)11-10-12-8-6-5-7-9-12;1-3-18-13(17)14(2,12(15)16)10-9-11-7-5-4-6-8-11/h5-9H,4,10-11H2,1-3H3,(H,16,18);4-8H,3,9-10H2,1-2H3,(H,15,16). The summed E-state index contributed by atoms with van der Waals surface area (Å²) < 4.78 is 14.4. The number of hydrogen-bond acceptors (Lipinski definition) is 7. The van der Waals surface area contributed by atoms with Gasteiger partial charge in [-0.3, -0.25) is 9.59 Å². The number of ether oxygens (including phenoxy) is 3. The second-order valence-electron chi connectivity index (χ2n) is 9.00. The van der Waals surface area contributed by atoms with E-state index in [4.69, 9.17) is 9.47 Å². The lowest BCUT2D eigenvalue weighted by molar-refractivity contribution is -0.167. The van der Waals surface area contributed by atoms with E-state index in [0.29, 0.717) is 19.3 Å². The molecule has 2 aromatic rings. The maximum Gasteiger partial charge on any atom is 0.407 e. The summed E-state index contributed by atoms with van der Waals surface area (Å²) in [7, 11) is 1.26. The minimum absolute atomic E-state index is 0.188. The smallest absolute Gasteiger partial charge is 0.407 e. The summed E-state index contributed by atoms with van der Waals surface area (Å²) in [6.07, 6.45) is 1.20. The Morgan fingerprint density at radius 2 is 1.21 bits per heavy atom. The predicted octanol–water partition coefficient (Wildman–Crippen LogP) is 4.57. The Balaban J connectivity index is 0.000000382. The van der Waals surface area contributed by atoms with Gasteiger partial charge in [0, 0.05) is 0 Å². The molecule has 2 unspecified atom stereocenters. The van der Waals surface area contributed by atoms with Crippen LogP contribution in [0.2, 0.25) is 0 Å². The molecule has 9 nitrogen and oxygen atoms in total. The largest absolute Gasteiger partial charge is 0.480 e. The quantitative estimate of drug-likeness (QED) is 0.232. The summed E-state index contributed by atoms with van der Waals surface area (Å²) in [5.74, 6) is -2.27. The minimum Gasteiger partial charge on any atom is -0.480 e. The maximum atomic E-state index is 12.0. The topological polar surface area (TPSA) is 128 Å². The number of amides is 1. The lowest BCUT2D eigenvalue weighted by Gasteiger charge is -2.27. The van der Waals surface area contributed by atoms with Crippen molar-refractivity contribution in [1.82, 2.24) is 5.32 Å². The predicted molar refractivity (Wildman–Crippen MR) is 142 cm³/mol. The SMILES string of the molecule is CCOC(=O)C(C)(CCc1ccccc1)C(=O)O.CCOC(=O)C(C)(CCc1ccccc1)NC(=O)OC. The van der Waals surface area contributed by atoms with Crippen molar-refractivity contribution >= 4 is 24.0 Å². The molecule has 9 heteroatoms. The fraction of sp³-hybridized carbons (Fsp3) is 0.448. The van der Waals surface area contributed by atoms with Crippen molar-refractivity contribution in [3.05, 3.63) is 71.8 Å². The highest BCUT2D eigenvalue weighted by atomic mass is 16.6. The van der Waals surface area contributed by atoms with Crippen LogP contribution in [0.3, 0.4) is 0 Å². The lowest BCUT2D eigenvalue weighted by Crippen LogP contribution is -2.53. The first-order chi connectivity index (χ1) is 18.0. The fourth-order valence-electron chi connectivity index (χ4n) is 3.45. The van der Waals surface area contributed by atoms with E-state index in [1.54, 1.807) is 20.8 Å². The van der Waals surface area contributed by atoms with Crippen LogP contribution in [0.4, 0.5) is 4.79 Å². The van der Waals surface area contributed by atoms with E-state index < -0.39 is 35.0 Å². The third-order valence-corrected chi connectivity index (χ3v) is 6.00. The number of hydrogen-bond donors (Lipinski definition) is 2. The number of carboxylic acids is 1. The molecule has 0 aromatic heterocycles. The Morgan fingerprint density at radius 1 is 0.763 bits per heavy atom. The summed E-state index contributed by atoms with van der Waals surface area (Å²) in [6.45, 7) is 6.90. The van der Waals surface area contributed by atoms with E-state index in [0.717, 1.165) is 11.1 Å². The Hall–Kier alpha value is -3.88. The first-order valence-corrected chi connectivity index (χ1v) is 12.5. The molecular formula is C29H39NO8. The van der Waals surface area contributed by atoms with Crippen LogP contribution >= 0.6 is 0 Å². The van der Waals surface area contributed by atoms with Gasteiger partial charge in [0.25, 0.3) is 0 Å². The van der Waals surface area contributed by atoms with Gasteiger partial charge in [0.2, 0.25) is 0 Å². The monoisotopic (exact) mass is 529 g/mol. The van der Waals surface area contributed by atoms with Crippen molar-refractivity contribution in [2.45, 2.75) is 58.9 Å². The molecule has 208 valence electrons. The van der Waals surface area contributed by atoms with Gasteiger partial charge < -0.3 is 24.6 Å². The van der Waals surface area contributed by atoms with Crippen LogP contribution in [0.25, 0.3) is 0 Å². The van der Waals surface area contributed by atoms with Crippen molar-refractivity contribution < 1.29 is 38.5 Å². The Labute approximate surface area is 224 Å². The number of rotatable bonds is 12. The average Bonchev–Trinajstić information content (AvgIpc) is 2.92. The van der Waals surface area contributed by atoms with Crippen LogP contribution in [-0.2, 0) is 41.4 Å². The zero-order valence-corrected chi connectivity index (χ0v) is 22.8. The summed E-state index contributed by atoms with van der Waals surface area (Å²) in [6, 6.07) is 19.2. The van der Waals surface area contributed by atoms with Gasteiger partial charge in [-0.25, -0.2) is 9.59 Å². The van der Waals surface area contributed by atoms with Crippen LogP contribution in [0.15, 0.2) is 60.7 Å². The van der Waals surface area contributed by atoms with Crippen molar-refractivity contribution in [2.75, 3.05) is 20.3 Å². The van der Waals surface area contributed by atoms with E-state index >= 15 is 0 Å². The molecule has 2 N–H and O–H groups in total. The van der Waals surface area contributed by atoms with Gasteiger partial charge in [-0.15, -0.1) is 0 Å². The molecule has 0 saturated heterocycles. The third kappa shape index (κ3) is 10.2. The number of carboxylic acid groups (broad SMARTS) is 1. The molecule has 2 atom stereocenters. The highest BCUT2D eigenvalue weighted by Gasteiger charge is 2.42. The second-order valence-corrected chi connectivity index (χ2v) is 9.00. The maximum absolute atomic E-state index is 12.0. The second kappa shape index (κ2) is 16.1. The van der Waals surface area contributed by atoms with E-state index in [1.165, 1.54) is 14.0 Å². The Kier molecular flexibility index (Phi) is 13.6. The molecule has 2 rings (SSSR count). The summed E-state index contributed by atoms with van der Waals surface area (Å²) >= 11 is 0. The molecule has 0 fully saturated rings. The normalized spacial score (nSPS) is 13.4. The number of methoxy groups -OCH3 is 1. The van der Waals surface area contributed by atoms with Crippen molar-refractivity contribution in [3.63, 3.8) is 0 Å². The molecule has 38 heavy (non-hydrogen) atoms. The molecule has 0 bridgehead atoms. The molecule has 0 aliphatic carbocycles. The van der Waals surface area contributed by atoms with Gasteiger partial charge in [-0.2, -0.15) is 0 Å². The van der Waals surface area contributed by atoms with E-state index in [9.17, 15) is 24.3 Å². The van der Waals surface area contributed by atoms with Crippen molar-refractivity contribution in [2.24, 2.45) is 5.41 Å². The highest BCUT2D eigenvalue weighted by molar-refractivity contribution is 5.98. The number of carbonyl (C=O) groups excluding carboxylic acids is 3. The summed E-state index contributed by atoms with van der Waals surface area (Å²) in [5, 5.41) is 11.8. The van der Waals surface area contributed by atoms with Crippen LogP contribution in [-0.4, -0.2) is 55.0 Å². The van der Waals surface area contributed by atoms with Gasteiger partial charge in [-0.1, -0.05) is 60.7 Å². The molecule has 0 spiro atoms. The molecule has 0 aliphatic rings. The lowest BCUT2D eigenvalue weighted by atomic mass is 9.84. The van der Waals surface area contributed by atoms with Crippen LogP contribution in [0, 0.1) is 5.41 Å². The number of carbonyl (C=O) groups is 4.